The van der Waals surface area contributed by atoms with Gasteiger partial charge in [-0.1, -0.05) is 6.07 Å². The number of aromatic nitrogens is 1. The number of pyridine rings is 1. The molecule has 18 heavy (non-hydrogen) atoms. The lowest BCUT2D eigenvalue weighted by Gasteiger charge is -2.06. The number of carbonyl (C=O) groups is 1. The first-order valence-corrected chi connectivity index (χ1v) is 5.29. The summed E-state index contributed by atoms with van der Waals surface area (Å²) in [5, 5.41) is 12.1. The Hall–Kier alpha value is -2.43. The number of halogens is 1. The van der Waals surface area contributed by atoms with Gasteiger partial charge >= 0.3 is 0 Å². The van der Waals surface area contributed by atoms with E-state index >= 15 is 0 Å². The van der Waals surface area contributed by atoms with E-state index in [1.54, 1.807) is 19.1 Å². The van der Waals surface area contributed by atoms with Crippen LogP contribution in [-0.2, 0) is 0 Å². The molecule has 0 aliphatic carbocycles. The van der Waals surface area contributed by atoms with Crippen molar-refractivity contribution in [1.82, 2.24) is 4.98 Å². The van der Waals surface area contributed by atoms with Crippen molar-refractivity contribution < 1.29 is 14.3 Å². The molecule has 1 aromatic carbocycles. The van der Waals surface area contributed by atoms with E-state index in [0.29, 0.717) is 11.3 Å². The number of nitrogens with one attached hydrogen (secondary N) is 1. The number of rotatable bonds is 2. The number of aromatic hydroxyl groups is 1. The van der Waals surface area contributed by atoms with Crippen LogP contribution in [0.1, 0.15) is 15.9 Å². The minimum absolute atomic E-state index is 0.0914. The van der Waals surface area contributed by atoms with E-state index in [1.165, 1.54) is 18.3 Å². The molecule has 0 aliphatic rings. The zero-order valence-electron chi connectivity index (χ0n) is 9.64. The molecule has 2 N–H and O–H groups in total. The van der Waals surface area contributed by atoms with Crippen molar-refractivity contribution in [2.45, 2.75) is 6.92 Å². The number of benzene rings is 1. The normalized spacial score (nSPS) is 10.1. The molecule has 0 aliphatic heterocycles. The fourth-order valence-corrected chi connectivity index (χ4v) is 1.43. The molecule has 0 saturated heterocycles. The molecular weight excluding hydrogens is 235 g/mol. The molecule has 4 nitrogen and oxygen atoms in total. The lowest BCUT2D eigenvalue weighted by molar-refractivity contribution is 0.102. The van der Waals surface area contributed by atoms with Crippen LogP contribution in [0.15, 0.2) is 36.5 Å². The molecule has 1 aromatic heterocycles. The largest absolute Gasteiger partial charge is 0.508 e. The summed E-state index contributed by atoms with van der Waals surface area (Å²) < 4.78 is 12.9. The van der Waals surface area contributed by atoms with Crippen molar-refractivity contribution in [3.63, 3.8) is 0 Å². The van der Waals surface area contributed by atoms with Crippen LogP contribution in [0.2, 0.25) is 0 Å². The first-order valence-electron chi connectivity index (χ1n) is 5.29. The topological polar surface area (TPSA) is 62.2 Å². The van der Waals surface area contributed by atoms with E-state index < -0.39 is 11.9 Å². The SMILES string of the molecule is Cc1ccc(NC(=O)c2ccnc(F)c2)cc1O. The summed E-state index contributed by atoms with van der Waals surface area (Å²) in [4.78, 5) is 15.1. The second-order valence-corrected chi connectivity index (χ2v) is 3.82. The predicted molar refractivity (Wildman–Crippen MR) is 65.0 cm³/mol. The highest BCUT2D eigenvalue weighted by molar-refractivity contribution is 6.04. The number of hydrogen-bond acceptors (Lipinski definition) is 3. The van der Waals surface area contributed by atoms with Crippen molar-refractivity contribution in [3.8, 4) is 5.75 Å². The summed E-state index contributed by atoms with van der Waals surface area (Å²) in [7, 11) is 0. The third kappa shape index (κ3) is 2.63. The molecule has 0 bridgehead atoms. The summed E-state index contributed by atoms with van der Waals surface area (Å²) in [6, 6.07) is 7.23. The van der Waals surface area contributed by atoms with Gasteiger partial charge in [0.05, 0.1) is 0 Å². The summed E-state index contributed by atoms with van der Waals surface area (Å²) in [5.41, 5.74) is 1.32. The Morgan fingerprint density at radius 3 is 2.78 bits per heavy atom. The van der Waals surface area contributed by atoms with E-state index in [4.69, 9.17) is 0 Å². The molecule has 5 heteroatoms. The highest BCUT2D eigenvalue weighted by Crippen LogP contribution is 2.21. The predicted octanol–water partition coefficient (Wildman–Crippen LogP) is 2.49. The smallest absolute Gasteiger partial charge is 0.255 e. The lowest BCUT2D eigenvalue weighted by atomic mass is 10.2. The van der Waals surface area contributed by atoms with Crippen molar-refractivity contribution in [3.05, 3.63) is 53.6 Å². The summed E-state index contributed by atoms with van der Waals surface area (Å²) >= 11 is 0. The average Bonchev–Trinajstić information content (AvgIpc) is 2.34. The van der Waals surface area contributed by atoms with Gasteiger partial charge in [-0.2, -0.15) is 4.39 Å². The molecule has 92 valence electrons. The number of aryl methyl sites for hydroxylation is 1. The minimum Gasteiger partial charge on any atom is -0.508 e. The zero-order valence-corrected chi connectivity index (χ0v) is 9.64. The van der Waals surface area contributed by atoms with E-state index in [-0.39, 0.29) is 11.3 Å². The van der Waals surface area contributed by atoms with Gasteiger partial charge in [-0.05, 0) is 24.6 Å². The Morgan fingerprint density at radius 2 is 2.11 bits per heavy atom. The van der Waals surface area contributed by atoms with Gasteiger partial charge in [0.2, 0.25) is 5.95 Å². The fourth-order valence-electron chi connectivity index (χ4n) is 1.43. The van der Waals surface area contributed by atoms with Gasteiger partial charge < -0.3 is 10.4 Å². The van der Waals surface area contributed by atoms with Crippen molar-refractivity contribution >= 4 is 11.6 Å². The Labute approximate surface area is 103 Å². The number of phenols is 1. The van der Waals surface area contributed by atoms with Gasteiger partial charge in [0, 0.05) is 29.6 Å². The third-order valence-electron chi connectivity index (χ3n) is 2.46. The first kappa shape index (κ1) is 12.0. The van der Waals surface area contributed by atoms with E-state index in [2.05, 4.69) is 10.3 Å². The molecule has 0 saturated carbocycles. The van der Waals surface area contributed by atoms with Gasteiger partial charge in [-0.3, -0.25) is 4.79 Å². The molecule has 1 amide bonds. The maximum absolute atomic E-state index is 12.9. The molecule has 2 rings (SSSR count). The monoisotopic (exact) mass is 246 g/mol. The Bertz CT molecular complexity index is 599. The van der Waals surface area contributed by atoms with Crippen LogP contribution in [0.4, 0.5) is 10.1 Å². The second-order valence-electron chi connectivity index (χ2n) is 3.82. The summed E-state index contributed by atoms with van der Waals surface area (Å²) in [5.74, 6) is -1.08. The highest BCUT2D eigenvalue weighted by Gasteiger charge is 2.08. The van der Waals surface area contributed by atoms with Crippen LogP contribution in [0.25, 0.3) is 0 Å². The van der Waals surface area contributed by atoms with Crippen molar-refractivity contribution in [2.24, 2.45) is 0 Å². The Balaban J connectivity index is 2.18. The minimum atomic E-state index is -0.714. The van der Waals surface area contributed by atoms with E-state index in [1.807, 2.05) is 0 Å². The maximum atomic E-state index is 12.9. The van der Waals surface area contributed by atoms with Gasteiger partial charge in [0.15, 0.2) is 0 Å². The van der Waals surface area contributed by atoms with Crippen LogP contribution in [-0.4, -0.2) is 16.0 Å². The van der Waals surface area contributed by atoms with Gasteiger partial charge in [0.25, 0.3) is 5.91 Å². The maximum Gasteiger partial charge on any atom is 0.255 e. The standard InChI is InChI=1S/C13H11FN2O2/c1-8-2-3-10(7-11(8)17)16-13(18)9-4-5-15-12(14)6-9/h2-7,17H,1H3,(H,16,18). The highest BCUT2D eigenvalue weighted by atomic mass is 19.1. The van der Waals surface area contributed by atoms with Crippen molar-refractivity contribution in [2.75, 3.05) is 5.32 Å². The van der Waals surface area contributed by atoms with Crippen LogP contribution in [0.5, 0.6) is 5.75 Å². The first-order chi connectivity index (χ1) is 8.56. The molecule has 0 atom stereocenters. The van der Waals surface area contributed by atoms with Gasteiger partial charge in [-0.15, -0.1) is 0 Å². The number of amides is 1. The molecule has 0 spiro atoms. The van der Waals surface area contributed by atoms with Gasteiger partial charge in [-0.25, -0.2) is 4.98 Å². The Morgan fingerprint density at radius 1 is 1.33 bits per heavy atom. The number of hydrogen-bond donors (Lipinski definition) is 2. The van der Waals surface area contributed by atoms with Crippen LogP contribution in [0.3, 0.4) is 0 Å². The number of nitrogens with zero attached hydrogens (tertiary/aromatic N) is 1. The van der Waals surface area contributed by atoms with Crippen LogP contribution < -0.4 is 5.32 Å². The third-order valence-corrected chi connectivity index (χ3v) is 2.46. The fraction of sp³-hybridized carbons (Fsp3) is 0.0769. The van der Waals surface area contributed by atoms with Crippen LogP contribution >= 0.6 is 0 Å². The van der Waals surface area contributed by atoms with Crippen molar-refractivity contribution in [1.29, 1.82) is 0 Å². The van der Waals surface area contributed by atoms with Gasteiger partial charge in [0.1, 0.15) is 5.75 Å². The van der Waals surface area contributed by atoms with E-state index in [0.717, 1.165) is 6.07 Å². The molecule has 0 radical (unpaired) electrons. The zero-order chi connectivity index (χ0) is 13.1. The quantitative estimate of drug-likeness (QED) is 0.800. The lowest BCUT2D eigenvalue weighted by Crippen LogP contribution is -2.12. The van der Waals surface area contributed by atoms with E-state index in [9.17, 15) is 14.3 Å². The molecule has 2 aromatic rings. The number of carbonyl (C=O) groups excluding carboxylic acids is 1. The second kappa shape index (κ2) is 4.83. The molecule has 1 heterocycles. The molecule has 0 fully saturated rings. The summed E-state index contributed by atoms with van der Waals surface area (Å²) in [6.45, 7) is 1.75. The molecular formula is C13H11FN2O2. The summed E-state index contributed by atoms with van der Waals surface area (Å²) in [6.07, 6.45) is 1.22. The average molecular weight is 246 g/mol. The van der Waals surface area contributed by atoms with Crippen LogP contribution in [0, 0.1) is 12.9 Å². The Kier molecular flexibility index (Phi) is 3.23. The molecule has 0 unspecified atom stereocenters. The number of anilines is 1. The number of phenolic OH excluding ortho intramolecular Hbond substituents is 1.